The van der Waals surface area contributed by atoms with E-state index in [-0.39, 0.29) is 29.9 Å². The van der Waals surface area contributed by atoms with Gasteiger partial charge in [-0.1, -0.05) is 36.4 Å². The summed E-state index contributed by atoms with van der Waals surface area (Å²) in [5.74, 6) is 0.281. The highest BCUT2D eigenvalue weighted by Gasteiger charge is 2.37. The van der Waals surface area contributed by atoms with E-state index in [0.29, 0.717) is 19.6 Å². The third kappa shape index (κ3) is 4.18. The molecule has 0 saturated carbocycles. The number of benzene rings is 1. The zero-order valence-electron chi connectivity index (χ0n) is 16.4. The van der Waals surface area contributed by atoms with Gasteiger partial charge in [0.1, 0.15) is 12.6 Å². The smallest absolute Gasteiger partial charge is 0.408 e. The molecule has 2 aliphatic rings. The van der Waals surface area contributed by atoms with Gasteiger partial charge in [0.2, 0.25) is 5.91 Å². The van der Waals surface area contributed by atoms with Crippen molar-refractivity contribution < 1.29 is 14.3 Å². The summed E-state index contributed by atoms with van der Waals surface area (Å²) >= 11 is 0. The molecule has 29 heavy (non-hydrogen) atoms. The maximum absolute atomic E-state index is 12.9. The van der Waals surface area contributed by atoms with Gasteiger partial charge in [-0.25, -0.2) is 4.79 Å². The number of nitrogens with zero attached hydrogens (tertiary/aromatic N) is 2. The Balaban J connectivity index is 1.35. The van der Waals surface area contributed by atoms with Crippen LogP contribution < -0.4 is 10.9 Å². The van der Waals surface area contributed by atoms with Crippen LogP contribution in [0.15, 0.2) is 53.3 Å². The van der Waals surface area contributed by atoms with Crippen LogP contribution in [0.5, 0.6) is 0 Å². The highest BCUT2D eigenvalue weighted by atomic mass is 16.5. The van der Waals surface area contributed by atoms with E-state index in [1.54, 1.807) is 19.1 Å². The molecular weight excluding hydrogens is 370 g/mol. The van der Waals surface area contributed by atoms with Gasteiger partial charge in [0.05, 0.1) is 0 Å². The van der Waals surface area contributed by atoms with Crippen LogP contribution in [0, 0.1) is 5.92 Å². The predicted molar refractivity (Wildman–Crippen MR) is 107 cm³/mol. The number of amides is 2. The molecule has 1 aromatic carbocycles. The Morgan fingerprint density at radius 1 is 1.10 bits per heavy atom. The van der Waals surface area contributed by atoms with Gasteiger partial charge in [-0.05, 0) is 30.9 Å². The molecule has 1 aromatic heterocycles. The fraction of sp³-hybridized carbons (Fsp3) is 0.409. The van der Waals surface area contributed by atoms with Crippen LogP contribution in [0.2, 0.25) is 0 Å². The zero-order chi connectivity index (χ0) is 20.4. The van der Waals surface area contributed by atoms with Crippen LogP contribution in [0.1, 0.15) is 30.5 Å². The third-order valence-electron chi connectivity index (χ3n) is 5.71. The lowest BCUT2D eigenvalue weighted by atomic mass is 9.83. The highest BCUT2D eigenvalue weighted by molar-refractivity contribution is 5.85. The fourth-order valence-electron chi connectivity index (χ4n) is 4.35. The zero-order valence-corrected chi connectivity index (χ0v) is 16.4. The number of nitrogens with one attached hydrogen (secondary N) is 1. The molecule has 1 fully saturated rings. The average Bonchev–Trinajstić information content (AvgIpc) is 2.73. The Bertz CT molecular complexity index is 956. The second-order valence-electron chi connectivity index (χ2n) is 7.87. The van der Waals surface area contributed by atoms with Crippen LogP contribution in [0.25, 0.3) is 0 Å². The summed E-state index contributed by atoms with van der Waals surface area (Å²) < 4.78 is 7.05. The number of aromatic nitrogens is 1. The molecule has 1 saturated heterocycles. The van der Waals surface area contributed by atoms with E-state index >= 15 is 0 Å². The van der Waals surface area contributed by atoms with Crippen molar-refractivity contribution in [1.29, 1.82) is 0 Å². The van der Waals surface area contributed by atoms with E-state index in [4.69, 9.17) is 4.74 Å². The molecule has 0 spiro atoms. The van der Waals surface area contributed by atoms with Crippen LogP contribution >= 0.6 is 0 Å². The van der Waals surface area contributed by atoms with E-state index in [2.05, 4.69) is 5.32 Å². The third-order valence-corrected chi connectivity index (χ3v) is 5.71. The molecule has 7 heteroatoms. The first-order valence-electron chi connectivity index (χ1n) is 9.97. The molecule has 2 aliphatic heterocycles. The topological polar surface area (TPSA) is 80.6 Å². The number of alkyl carbamates (subject to hydrolysis) is 1. The van der Waals surface area contributed by atoms with Crippen LogP contribution in [0.3, 0.4) is 0 Å². The molecule has 0 radical (unpaired) electrons. The molecule has 4 rings (SSSR count). The van der Waals surface area contributed by atoms with Crippen molar-refractivity contribution in [1.82, 2.24) is 14.8 Å². The predicted octanol–water partition coefficient (Wildman–Crippen LogP) is 2.11. The Morgan fingerprint density at radius 3 is 2.69 bits per heavy atom. The molecule has 3 heterocycles. The SMILES string of the molecule is CC(NC(=O)OCc1ccccc1)C(=O)N1C[C@H]2C[C@@H](C1)c1cccc(=O)n1C2. The van der Waals surface area contributed by atoms with Gasteiger partial charge in [0, 0.05) is 37.3 Å². The lowest BCUT2D eigenvalue weighted by molar-refractivity contribution is -0.135. The number of piperidine rings is 1. The largest absolute Gasteiger partial charge is 0.445 e. The Labute approximate surface area is 169 Å². The lowest BCUT2D eigenvalue weighted by Gasteiger charge is -2.43. The minimum absolute atomic E-state index is 0.0215. The lowest BCUT2D eigenvalue weighted by Crippen LogP contribution is -2.54. The maximum Gasteiger partial charge on any atom is 0.408 e. The highest BCUT2D eigenvalue weighted by Crippen LogP contribution is 2.35. The van der Waals surface area contributed by atoms with Crippen molar-refractivity contribution in [2.75, 3.05) is 13.1 Å². The molecule has 1 unspecified atom stereocenters. The molecule has 2 amide bonds. The Hall–Kier alpha value is -3.09. The number of pyridine rings is 1. The summed E-state index contributed by atoms with van der Waals surface area (Å²) in [7, 11) is 0. The number of carbonyl (C=O) groups is 2. The standard InChI is InChI=1S/C22H25N3O4/c1-15(23-22(28)29-14-16-6-3-2-4-7-16)21(27)24-11-17-10-18(13-24)19-8-5-9-20(26)25(19)12-17/h2-9,15,17-18H,10-14H2,1H3,(H,23,28)/t15?,17-,18+/m1/s1. The summed E-state index contributed by atoms with van der Waals surface area (Å²) in [6.45, 7) is 3.63. The minimum Gasteiger partial charge on any atom is -0.445 e. The van der Waals surface area contributed by atoms with Crippen molar-refractivity contribution in [2.45, 2.75) is 38.5 Å². The molecule has 152 valence electrons. The first-order chi connectivity index (χ1) is 14.0. The summed E-state index contributed by atoms with van der Waals surface area (Å²) in [6, 6.07) is 14.1. The van der Waals surface area contributed by atoms with Gasteiger partial charge in [0.15, 0.2) is 0 Å². The number of hydrogen-bond acceptors (Lipinski definition) is 4. The molecule has 7 nitrogen and oxygen atoms in total. The number of ether oxygens (including phenoxy) is 1. The first-order valence-corrected chi connectivity index (χ1v) is 9.97. The number of hydrogen-bond donors (Lipinski definition) is 1. The summed E-state index contributed by atoms with van der Waals surface area (Å²) in [6.07, 6.45) is 0.373. The van der Waals surface area contributed by atoms with Crippen molar-refractivity contribution >= 4 is 12.0 Å². The van der Waals surface area contributed by atoms with Gasteiger partial charge >= 0.3 is 6.09 Å². The van der Waals surface area contributed by atoms with E-state index in [0.717, 1.165) is 17.7 Å². The average molecular weight is 395 g/mol. The second-order valence-corrected chi connectivity index (χ2v) is 7.87. The molecule has 3 atom stereocenters. The quantitative estimate of drug-likeness (QED) is 0.860. The van der Waals surface area contributed by atoms with Gasteiger partial charge in [-0.3, -0.25) is 9.59 Å². The van der Waals surface area contributed by atoms with Gasteiger partial charge < -0.3 is 19.5 Å². The van der Waals surface area contributed by atoms with E-state index < -0.39 is 12.1 Å². The minimum atomic E-state index is -0.671. The van der Waals surface area contributed by atoms with Crippen LogP contribution in [-0.2, 0) is 22.7 Å². The maximum atomic E-state index is 12.9. The van der Waals surface area contributed by atoms with E-state index in [1.165, 1.54) is 0 Å². The van der Waals surface area contributed by atoms with Gasteiger partial charge in [-0.15, -0.1) is 0 Å². The van der Waals surface area contributed by atoms with E-state index in [1.807, 2.05) is 45.9 Å². The number of fused-ring (bicyclic) bond motifs is 4. The number of rotatable bonds is 4. The van der Waals surface area contributed by atoms with Gasteiger partial charge in [-0.2, -0.15) is 0 Å². The van der Waals surface area contributed by atoms with Gasteiger partial charge in [0.25, 0.3) is 5.56 Å². The molecular formula is C22H25N3O4. The summed E-state index contributed by atoms with van der Waals surface area (Å²) in [4.78, 5) is 38.9. The normalized spacial score (nSPS) is 21.1. The molecule has 1 N–H and O–H groups in total. The first kappa shape index (κ1) is 19.2. The monoisotopic (exact) mass is 395 g/mol. The van der Waals surface area contributed by atoms with Crippen LogP contribution in [-0.4, -0.2) is 40.6 Å². The second kappa shape index (κ2) is 8.11. The summed E-state index contributed by atoms with van der Waals surface area (Å²) in [5, 5.41) is 2.63. The molecule has 2 aromatic rings. The van der Waals surface area contributed by atoms with Crippen molar-refractivity contribution in [3.8, 4) is 0 Å². The molecule has 2 bridgehead atoms. The van der Waals surface area contributed by atoms with Crippen LogP contribution in [0.4, 0.5) is 4.79 Å². The van der Waals surface area contributed by atoms with Crippen molar-refractivity contribution in [2.24, 2.45) is 5.92 Å². The number of likely N-dealkylation sites (tertiary alicyclic amines) is 1. The molecule has 0 aliphatic carbocycles. The number of carbonyl (C=O) groups excluding carboxylic acids is 2. The summed E-state index contributed by atoms with van der Waals surface area (Å²) in [5.41, 5.74) is 1.90. The van der Waals surface area contributed by atoms with Crippen molar-refractivity contribution in [3.05, 3.63) is 70.1 Å². The Morgan fingerprint density at radius 2 is 1.90 bits per heavy atom. The Kier molecular flexibility index (Phi) is 5.38. The fourth-order valence-corrected chi connectivity index (χ4v) is 4.35. The van der Waals surface area contributed by atoms with Crippen molar-refractivity contribution in [3.63, 3.8) is 0 Å². The van der Waals surface area contributed by atoms with E-state index in [9.17, 15) is 14.4 Å².